The van der Waals surface area contributed by atoms with E-state index in [2.05, 4.69) is 12.2 Å². The molecule has 0 fully saturated rings. The van der Waals surface area contributed by atoms with Gasteiger partial charge >= 0.3 is 0 Å². The van der Waals surface area contributed by atoms with Gasteiger partial charge in [-0.2, -0.15) is 0 Å². The fourth-order valence-corrected chi connectivity index (χ4v) is 0.905. The number of aliphatic hydroxyl groups is 1. The molecule has 0 radical (unpaired) electrons. The highest BCUT2D eigenvalue weighted by Gasteiger charge is 1.85. The van der Waals surface area contributed by atoms with Gasteiger partial charge in [-0.15, -0.1) is 0 Å². The third kappa shape index (κ3) is 24.5. The van der Waals surface area contributed by atoms with Crippen molar-refractivity contribution in [3.63, 3.8) is 0 Å². The first-order chi connectivity index (χ1) is 6.33. The lowest BCUT2D eigenvalue weighted by molar-refractivity contribution is 0.295. The fourth-order valence-electron chi connectivity index (χ4n) is 0.905. The van der Waals surface area contributed by atoms with Crippen LogP contribution in [0.4, 0.5) is 0 Å². The third-order valence-electron chi connectivity index (χ3n) is 1.75. The van der Waals surface area contributed by atoms with Crippen LogP contribution in [-0.4, -0.2) is 25.3 Å². The standard InChI is InChI=1S/C8H19N.C3H8O/c1-3-4-5-6-7-8-9-2;1-2-3-4/h9H,3-8H2,1-2H3;4H,2-3H2,1H3. The van der Waals surface area contributed by atoms with Gasteiger partial charge in [-0.3, -0.25) is 0 Å². The topological polar surface area (TPSA) is 32.3 Å². The van der Waals surface area contributed by atoms with Gasteiger partial charge in [0.25, 0.3) is 0 Å². The van der Waals surface area contributed by atoms with Crippen LogP contribution in [0.3, 0.4) is 0 Å². The van der Waals surface area contributed by atoms with Crippen LogP contribution in [0.2, 0.25) is 0 Å². The summed E-state index contributed by atoms with van der Waals surface area (Å²) in [4.78, 5) is 0. The maximum Gasteiger partial charge on any atom is 0.0428 e. The highest BCUT2D eigenvalue weighted by molar-refractivity contribution is 4.43. The van der Waals surface area contributed by atoms with Crippen LogP contribution < -0.4 is 5.32 Å². The molecule has 0 saturated carbocycles. The minimum Gasteiger partial charge on any atom is -0.396 e. The molecule has 2 N–H and O–H groups in total. The predicted octanol–water partition coefficient (Wildman–Crippen LogP) is 2.56. The van der Waals surface area contributed by atoms with Crippen molar-refractivity contribution in [2.45, 2.75) is 52.4 Å². The molecule has 2 nitrogen and oxygen atoms in total. The van der Waals surface area contributed by atoms with Crippen LogP contribution in [0.5, 0.6) is 0 Å². The van der Waals surface area contributed by atoms with Crippen LogP contribution in [-0.2, 0) is 0 Å². The molecule has 0 bridgehead atoms. The van der Waals surface area contributed by atoms with Gasteiger partial charge in [0.15, 0.2) is 0 Å². The van der Waals surface area contributed by atoms with E-state index in [0.717, 1.165) is 6.42 Å². The van der Waals surface area contributed by atoms with Crippen LogP contribution >= 0.6 is 0 Å². The molecule has 0 saturated heterocycles. The number of unbranched alkanes of at least 4 members (excludes halogenated alkanes) is 4. The van der Waals surface area contributed by atoms with Gasteiger partial charge in [0.2, 0.25) is 0 Å². The average molecular weight is 189 g/mol. The van der Waals surface area contributed by atoms with Crippen LogP contribution in [0, 0.1) is 0 Å². The quantitative estimate of drug-likeness (QED) is 0.603. The lowest BCUT2D eigenvalue weighted by Crippen LogP contribution is -2.06. The Balaban J connectivity index is 0. The van der Waals surface area contributed by atoms with Crippen molar-refractivity contribution >= 4 is 0 Å². The summed E-state index contributed by atoms with van der Waals surface area (Å²) in [6, 6.07) is 0. The largest absolute Gasteiger partial charge is 0.396 e. The summed E-state index contributed by atoms with van der Waals surface area (Å²) in [6.07, 6.45) is 7.78. The Labute approximate surface area is 83.7 Å². The minimum absolute atomic E-state index is 0.319. The number of hydrogen-bond acceptors (Lipinski definition) is 2. The van der Waals surface area contributed by atoms with E-state index < -0.39 is 0 Å². The molecule has 0 rings (SSSR count). The molecular formula is C11H27NO. The van der Waals surface area contributed by atoms with Crippen molar-refractivity contribution in [3.8, 4) is 0 Å². The van der Waals surface area contributed by atoms with E-state index in [1.165, 1.54) is 38.6 Å². The number of hydrogen-bond donors (Lipinski definition) is 2. The van der Waals surface area contributed by atoms with E-state index in [1.807, 2.05) is 14.0 Å². The summed E-state index contributed by atoms with van der Waals surface area (Å²) in [5.41, 5.74) is 0. The zero-order valence-electron chi connectivity index (χ0n) is 9.60. The molecule has 0 aromatic carbocycles. The first kappa shape index (κ1) is 15.4. The third-order valence-corrected chi connectivity index (χ3v) is 1.75. The molecule has 2 heteroatoms. The van der Waals surface area contributed by atoms with E-state index in [9.17, 15) is 0 Å². The highest BCUT2D eigenvalue weighted by atomic mass is 16.2. The van der Waals surface area contributed by atoms with Crippen molar-refractivity contribution in [3.05, 3.63) is 0 Å². The summed E-state index contributed by atoms with van der Waals surface area (Å²) < 4.78 is 0. The minimum atomic E-state index is 0.319. The smallest absolute Gasteiger partial charge is 0.0428 e. The summed E-state index contributed by atoms with van der Waals surface area (Å²) in [7, 11) is 2.01. The maximum absolute atomic E-state index is 7.88. The Morgan fingerprint density at radius 3 is 1.85 bits per heavy atom. The van der Waals surface area contributed by atoms with E-state index in [0.29, 0.717) is 6.61 Å². The molecule has 0 atom stereocenters. The number of nitrogens with one attached hydrogen (secondary N) is 1. The number of rotatable bonds is 7. The summed E-state index contributed by atoms with van der Waals surface area (Å²) in [6.45, 7) is 5.68. The monoisotopic (exact) mass is 189 g/mol. The second-order valence-corrected chi connectivity index (χ2v) is 3.24. The lowest BCUT2D eigenvalue weighted by Gasteiger charge is -1.97. The van der Waals surface area contributed by atoms with Crippen molar-refractivity contribution < 1.29 is 5.11 Å². The van der Waals surface area contributed by atoms with Gasteiger partial charge in [0, 0.05) is 6.61 Å². The van der Waals surface area contributed by atoms with Gasteiger partial charge in [-0.1, -0.05) is 39.5 Å². The molecule has 0 spiro atoms. The fraction of sp³-hybridized carbons (Fsp3) is 1.00. The predicted molar refractivity (Wildman–Crippen MR) is 60.1 cm³/mol. The van der Waals surface area contributed by atoms with E-state index >= 15 is 0 Å². The highest BCUT2D eigenvalue weighted by Crippen LogP contribution is 2.00. The molecule has 0 amide bonds. The van der Waals surface area contributed by atoms with Crippen molar-refractivity contribution in [2.75, 3.05) is 20.2 Å². The number of aliphatic hydroxyl groups excluding tert-OH is 1. The van der Waals surface area contributed by atoms with E-state index in [4.69, 9.17) is 5.11 Å². The van der Waals surface area contributed by atoms with E-state index in [1.54, 1.807) is 0 Å². The molecule has 0 aromatic rings. The van der Waals surface area contributed by atoms with Gasteiger partial charge < -0.3 is 10.4 Å². The van der Waals surface area contributed by atoms with E-state index in [-0.39, 0.29) is 0 Å². The molecule has 0 unspecified atom stereocenters. The summed E-state index contributed by atoms with van der Waals surface area (Å²) >= 11 is 0. The first-order valence-electron chi connectivity index (χ1n) is 5.58. The second kappa shape index (κ2) is 17.9. The van der Waals surface area contributed by atoms with Crippen molar-refractivity contribution in [1.29, 1.82) is 0 Å². The van der Waals surface area contributed by atoms with Crippen LogP contribution in [0.25, 0.3) is 0 Å². The lowest BCUT2D eigenvalue weighted by atomic mass is 10.1. The normalized spacial score (nSPS) is 9.23. The summed E-state index contributed by atoms with van der Waals surface area (Å²) in [5.74, 6) is 0. The second-order valence-electron chi connectivity index (χ2n) is 3.24. The Kier molecular flexibility index (Phi) is 21.2. The summed E-state index contributed by atoms with van der Waals surface area (Å²) in [5, 5.41) is 11.0. The maximum atomic E-state index is 7.88. The molecule has 0 heterocycles. The Morgan fingerprint density at radius 2 is 1.46 bits per heavy atom. The molecule has 0 aliphatic rings. The zero-order chi connectivity index (χ0) is 10.4. The van der Waals surface area contributed by atoms with Gasteiger partial charge in [-0.05, 0) is 26.4 Å². The van der Waals surface area contributed by atoms with Crippen LogP contribution in [0.1, 0.15) is 52.4 Å². The van der Waals surface area contributed by atoms with Crippen molar-refractivity contribution in [2.24, 2.45) is 0 Å². The molecule has 0 aromatic heterocycles. The van der Waals surface area contributed by atoms with Gasteiger partial charge in [0.05, 0.1) is 0 Å². The Bertz CT molecular complexity index is 59.1. The average Bonchev–Trinajstić information content (AvgIpc) is 2.18. The SMILES string of the molecule is CCCCCCCNC.CCCO. The Morgan fingerprint density at radius 1 is 0.923 bits per heavy atom. The zero-order valence-corrected chi connectivity index (χ0v) is 9.60. The van der Waals surface area contributed by atoms with Crippen LogP contribution in [0.15, 0.2) is 0 Å². The first-order valence-corrected chi connectivity index (χ1v) is 5.58. The molecule has 13 heavy (non-hydrogen) atoms. The molecule has 82 valence electrons. The van der Waals surface area contributed by atoms with Gasteiger partial charge in [-0.25, -0.2) is 0 Å². The Hall–Kier alpha value is -0.0800. The molecular weight excluding hydrogens is 162 g/mol. The molecule has 0 aliphatic heterocycles. The van der Waals surface area contributed by atoms with Crippen molar-refractivity contribution in [1.82, 2.24) is 5.32 Å². The van der Waals surface area contributed by atoms with Gasteiger partial charge in [0.1, 0.15) is 0 Å². The molecule has 0 aliphatic carbocycles.